The van der Waals surface area contributed by atoms with Crippen molar-refractivity contribution in [3.63, 3.8) is 0 Å². The maximum absolute atomic E-state index is 5.10. The van der Waals surface area contributed by atoms with Crippen LogP contribution in [-0.4, -0.2) is 15.7 Å². The molecule has 0 saturated carbocycles. The van der Waals surface area contributed by atoms with E-state index in [0.717, 1.165) is 18.7 Å². The molecule has 0 amide bonds. The van der Waals surface area contributed by atoms with E-state index in [-0.39, 0.29) is 5.54 Å². The Kier molecular flexibility index (Phi) is 3.72. The summed E-state index contributed by atoms with van der Waals surface area (Å²) in [7, 11) is 0. The maximum atomic E-state index is 5.10. The first kappa shape index (κ1) is 12.0. The number of hydrogen-bond acceptors (Lipinski definition) is 4. The van der Waals surface area contributed by atoms with Gasteiger partial charge in [0.1, 0.15) is 0 Å². The second-order valence-corrected chi connectivity index (χ2v) is 5.32. The number of nitrogens with one attached hydrogen (secondary N) is 1. The molecule has 0 aliphatic rings. The molecule has 86 valence electrons. The average molecular weight is 211 g/mol. The first-order chi connectivity index (χ1) is 6.87. The highest BCUT2D eigenvalue weighted by Crippen LogP contribution is 2.13. The third-order valence-corrected chi connectivity index (χ3v) is 1.90. The fraction of sp³-hybridized carbons (Fsp3) is 0.818. The minimum absolute atomic E-state index is 0.0398. The minimum Gasteiger partial charge on any atom is -0.333 e. The molecule has 0 atom stereocenters. The highest BCUT2D eigenvalue weighted by atomic mass is 16.5. The van der Waals surface area contributed by atoms with Gasteiger partial charge >= 0.3 is 6.01 Å². The van der Waals surface area contributed by atoms with Gasteiger partial charge in [-0.15, -0.1) is 0 Å². The van der Waals surface area contributed by atoms with Crippen LogP contribution in [0.4, 0.5) is 6.01 Å². The van der Waals surface area contributed by atoms with Gasteiger partial charge in [0.15, 0.2) is 5.82 Å². The second-order valence-electron chi connectivity index (χ2n) is 5.32. The van der Waals surface area contributed by atoms with Gasteiger partial charge in [0.25, 0.3) is 0 Å². The van der Waals surface area contributed by atoms with E-state index in [1.54, 1.807) is 0 Å². The van der Waals surface area contributed by atoms with Gasteiger partial charge in [0.05, 0.1) is 0 Å². The van der Waals surface area contributed by atoms with Crippen molar-refractivity contribution in [1.29, 1.82) is 0 Å². The largest absolute Gasteiger partial charge is 0.333 e. The SMILES string of the molecule is CC(C)CCc1noc(NC(C)(C)C)n1. The molecule has 0 aliphatic carbocycles. The van der Waals surface area contributed by atoms with Crippen molar-refractivity contribution in [3.8, 4) is 0 Å². The topological polar surface area (TPSA) is 51.0 Å². The molecule has 0 bridgehead atoms. The average Bonchev–Trinajstić information content (AvgIpc) is 2.45. The zero-order valence-electron chi connectivity index (χ0n) is 10.3. The summed E-state index contributed by atoms with van der Waals surface area (Å²) in [6.45, 7) is 10.6. The lowest BCUT2D eigenvalue weighted by Crippen LogP contribution is -2.26. The quantitative estimate of drug-likeness (QED) is 0.832. The van der Waals surface area contributed by atoms with Crippen LogP contribution in [0.5, 0.6) is 0 Å². The molecule has 0 fully saturated rings. The Labute approximate surface area is 91.5 Å². The summed E-state index contributed by atoms with van der Waals surface area (Å²) < 4.78 is 5.10. The molecule has 1 rings (SSSR count). The van der Waals surface area contributed by atoms with E-state index >= 15 is 0 Å². The van der Waals surface area contributed by atoms with Gasteiger partial charge in [-0.1, -0.05) is 19.0 Å². The Morgan fingerprint density at radius 2 is 2.00 bits per heavy atom. The molecule has 0 radical (unpaired) electrons. The Bertz CT molecular complexity index is 299. The summed E-state index contributed by atoms with van der Waals surface area (Å²) in [6, 6.07) is 0.515. The molecular formula is C11H21N3O. The third-order valence-electron chi connectivity index (χ3n) is 1.90. The normalized spacial score (nSPS) is 12.1. The van der Waals surface area contributed by atoms with E-state index in [0.29, 0.717) is 11.9 Å². The van der Waals surface area contributed by atoms with E-state index in [4.69, 9.17) is 4.52 Å². The van der Waals surface area contributed by atoms with Crippen LogP contribution in [0.3, 0.4) is 0 Å². The molecule has 1 aromatic heterocycles. The van der Waals surface area contributed by atoms with Crippen molar-refractivity contribution in [2.45, 2.75) is 53.0 Å². The zero-order chi connectivity index (χ0) is 11.5. The van der Waals surface area contributed by atoms with Gasteiger partial charge < -0.3 is 9.84 Å². The summed E-state index contributed by atoms with van der Waals surface area (Å²) in [5, 5.41) is 7.07. The Morgan fingerprint density at radius 3 is 2.53 bits per heavy atom. The number of anilines is 1. The van der Waals surface area contributed by atoms with E-state index in [1.165, 1.54) is 0 Å². The maximum Gasteiger partial charge on any atom is 0.321 e. The lowest BCUT2D eigenvalue weighted by molar-refractivity contribution is 0.409. The van der Waals surface area contributed by atoms with E-state index in [9.17, 15) is 0 Å². The zero-order valence-corrected chi connectivity index (χ0v) is 10.3. The van der Waals surface area contributed by atoms with Crippen LogP contribution >= 0.6 is 0 Å². The van der Waals surface area contributed by atoms with Crippen molar-refractivity contribution in [2.75, 3.05) is 5.32 Å². The summed E-state index contributed by atoms with van der Waals surface area (Å²) >= 11 is 0. The minimum atomic E-state index is -0.0398. The Hall–Kier alpha value is -1.06. The first-order valence-corrected chi connectivity index (χ1v) is 5.47. The van der Waals surface area contributed by atoms with Crippen LogP contribution in [0, 0.1) is 5.92 Å². The fourth-order valence-corrected chi connectivity index (χ4v) is 1.14. The van der Waals surface area contributed by atoms with Gasteiger partial charge in [0.2, 0.25) is 0 Å². The Morgan fingerprint density at radius 1 is 1.33 bits per heavy atom. The molecule has 0 unspecified atom stereocenters. The van der Waals surface area contributed by atoms with E-state index < -0.39 is 0 Å². The molecular weight excluding hydrogens is 190 g/mol. The van der Waals surface area contributed by atoms with Gasteiger partial charge in [0, 0.05) is 12.0 Å². The smallest absolute Gasteiger partial charge is 0.321 e. The van der Waals surface area contributed by atoms with Crippen LogP contribution in [0.25, 0.3) is 0 Å². The number of rotatable bonds is 4. The van der Waals surface area contributed by atoms with Crippen molar-refractivity contribution in [2.24, 2.45) is 5.92 Å². The summed E-state index contributed by atoms with van der Waals surface area (Å²) in [4.78, 5) is 4.28. The fourth-order valence-electron chi connectivity index (χ4n) is 1.14. The number of aromatic nitrogens is 2. The molecule has 0 saturated heterocycles. The van der Waals surface area contributed by atoms with E-state index in [1.807, 2.05) is 0 Å². The van der Waals surface area contributed by atoms with Gasteiger partial charge in [-0.05, 0) is 33.1 Å². The van der Waals surface area contributed by atoms with Gasteiger partial charge in [-0.2, -0.15) is 4.98 Å². The van der Waals surface area contributed by atoms with Gasteiger partial charge in [-0.3, -0.25) is 0 Å². The molecule has 4 heteroatoms. The third kappa shape index (κ3) is 4.81. The molecule has 1 aromatic rings. The van der Waals surface area contributed by atoms with Crippen molar-refractivity contribution < 1.29 is 4.52 Å². The molecule has 0 aliphatic heterocycles. The van der Waals surface area contributed by atoms with Gasteiger partial charge in [-0.25, -0.2) is 0 Å². The molecule has 1 heterocycles. The molecule has 4 nitrogen and oxygen atoms in total. The molecule has 15 heavy (non-hydrogen) atoms. The second kappa shape index (κ2) is 4.64. The highest BCUT2D eigenvalue weighted by molar-refractivity contribution is 5.22. The first-order valence-electron chi connectivity index (χ1n) is 5.47. The summed E-state index contributed by atoms with van der Waals surface area (Å²) in [5.41, 5.74) is -0.0398. The van der Waals surface area contributed by atoms with Crippen LogP contribution in [-0.2, 0) is 6.42 Å². The van der Waals surface area contributed by atoms with Crippen molar-refractivity contribution >= 4 is 6.01 Å². The highest BCUT2D eigenvalue weighted by Gasteiger charge is 2.14. The van der Waals surface area contributed by atoms with Crippen LogP contribution in [0.2, 0.25) is 0 Å². The molecule has 0 aromatic carbocycles. The Balaban J connectivity index is 2.49. The number of nitrogens with zero attached hydrogens (tertiary/aromatic N) is 2. The summed E-state index contributed by atoms with van der Waals surface area (Å²) in [6.07, 6.45) is 1.97. The number of aryl methyl sites for hydroxylation is 1. The lowest BCUT2D eigenvalue weighted by atomic mass is 10.1. The van der Waals surface area contributed by atoms with Crippen LogP contribution in [0.15, 0.2) is 4.52 Å². The lowest BCUT2D eigenvalue weighted by Gasteiger charge is -2.17. The van der Waals surface area contributed by atoms with Crippen LogP contribution in [0.1, 0.15) is 46.9 Å². The summed E-state index contributed by atoms with van der Waals surface area (Å²) in [5.74, 6) is 1.46. The number of hydrogen-bond donors (Lipinski definition) is 1. The predicted octanol–water partition coefficient (Wildman–Crippen LogP) is 2.87. The molecule has 0 spiro atoms. The molecule has 1 N–H and O–H groups in total. The van der Waals surface area contributed by atoms with Crippen LogP contribution < -0.4 is 5.32 Å². The van der Waals surface area contributed by atoms with Crippen molar-refractivity contribution in [1.82, 2.24) is 10.1 Å². The monoisotopic (exact) mass is 211 g/mol. The van der Waals surface area contributed by atoms with E-state index in [2.05, 4.69) is 50.1 Å². The van der Waals surface area contributed by atoms with Crippen molar-refractivity contribution in [3.05, 3.63) is 5.82 Å². The predicted molar refractivity (Wildman–Crippen MR) is 60.8 cm³/mol. The standard InChI is InChI=1S/C11H21N3O/c1-8(2)6-7-9-12-10(15-14-9)13-11(3,4)5/h8H,6-7H2,1-5H3,(H,12,13,14).